The molecule has 1 aliphatic carbocycles. The van der Waals surface area contributed by atoms with Gasteiger partial charge in [0.1, 0.15) is 12.2 Å². The Kier molecular flexibility index (Phi) is 5.20. The van der Waals surface area contributed by atoms with Crippen LogP contribution in [0, 0.1) is 5.92 Å². The van der Waals surface area contributed by atoms with E-state index in [0.29, 0.717) is 18.0 Å². The number of aromatic nitrogens is 4. The van der Waals surface area contributed by atoms with Crippen LogP contribution < -0.4 is 5.56 Å². The summed E-state index contributed by atoms with van der Waals surface area (Å²) in [4.78, 5) is 25.1. The number of ketones is 1. The highest BCUT2D eigenvalue weighted by Crippen LogP contribution is 2.33. The molecule has 0 unspecified atom stereocenters. The van der Waals surface area contributed by atoms with E-state index in [0.717, 1.165) is 35.2 Å². The molecule has 31 heavy (non-hydrogen) atoms. The van der Waals surface area contributed by atoms with Crippen LogP contribution in [0.1, 0.15) is 32.1 Å². The number of hydrogen-bond acceptors (Lipinski definition) is 4. The number of Topliss-reactive ketones (excluding diaryl/α,β-unsaturated/α-hetero) is 1. The first-order valence-electron chi connectivity index (χ1n) is 10.8. The van der Waals surface area contributed by atoms with Crippen molar-refractivity contribution in [2.45, 2.75) is 38.6 Å². The molecule has 0 N–H and O–H groups in total. The molecular weight excluding hydrogens is 388 g/mol. The lowest BCUT2D eigenvalue weighted by molar-refractivity contribution is -0.120. The van der Waals surface area contributed by atoms with Crippen molar-refractivity contribution in [2.24, 2.45) is 5.92 Å². The first kappa shape index (κ1) is 19.4. The SMILES string of the molecule is O=C(CC1CCCC1)Cn1nc(-c2c(-c3ccccc3)nn3ccccc23)ccc1=O. The predicted molar refractivity (Wildman–Crippen MR) is 120 cm³/mol. The van der Waals surface area contributed by atoms with Crippen molar-refractivity contribution in [3.8, 4) is 22.5 Å². The van der Waals surface area contributed by atoms with Crippen LogP contribution in [0.5, 0.6) is 0 Å². The number of fused-ring (bicyclic) bond motifs is 1. The van der Waals surface area contributed by atoms with Gasteiger partial charge in [0.2, 0.25) is 0 Å². The van der Waals surface area contributed by atoms with Crippen molar-refractivity contribution >= 4 is 11.3 Å². The van der Waals surface area contributed by atoms with Gasteiger partial charge >= 0.3 is 0 Å². The number of nitrogens with zero attached hydrogens (tertiary/aromatic N) is 4. The molecule has 6 heteroatoms. The number of rotatable bonds is 6. The molecule has 0 radical (unpaired) electrons. The van der Waals surface area contributed by atoms with E-state index in [4.69, 9.17) is 5.10 Å². The molecule has 1 aromatic carbocycles. The molecule has 1 saturated carbocycles. The third kappa shape index (κ3) is 3.93. The highest BCUT2D eigenvalue weighted by atomic mass is 16.1. The average Bonchev–Trinajstić information content (AvgIpc) is 3.43. The summed E-state index contributed by atoms with van der Waals surface area (Å²) in [5.41, 5.74) is 3.88. The number of hydrogen-bond donors (Lipinski definition) is 0. The van der Waals surface area contributed by atoms with Gasteiger partial charge in [-0.05, 0) is 24.1 Å². The van der Waals surface area contributed by atoms with Crippen LogP contribution in [-0.4, -0.2) is 25.2 Å². The number of benzene rings is 1. The molecule has 0 amide bonds. The number of pyridine rings is 1. The Labute approximate surface area is 180 Å². The first-order valence-corrected chi connectivity index (χ1v) is 10.8. The summed E-state index contributed by atoms with van der Waals surface area (Å²) in [5, 5.41) is 9.36. The Morgan fingerprint density at radius 3 is 2.52 bits per heavy atom. The highest BCUT2D eigenvalue weighted by Gasteiger charge is 2.21. The zero-order valence-electron chi connectivity index (χ0n) is 17.3. The third-order valence-electron chi connectivity index (χ3n) is 6.03. The van der Waals surface area contributed by atoms with Crippen LogP contribution in [0.4, 0.5) is 0 Å². The second kappa shape index (κ2) is 8.30. The van der Waals surface area contributed by atoms with Crippen LogP contribution in [0.25, 0.3) is 28.0 Å². The van der Waals surface area contributed by atoms with Crippen molar-refractivity contribution in [1.29, 1.82) is 0 Å². The minimum absolute atomic E-state index is 0.0169. The minimum Gasteiger partial charge on any atom is -0.298 e. The topological polar surface area (TPSA) is 69.3 Å². The Morgan fingerprint density at radius 1 is 0.935 bits per heavy atom. The minimum atomic E-state index is -0.263. The van der Waals surface area contributed by atoms with Gasteiger partial charge in [0.15, 0.2) is 5.78 Å². The first-order chi connectivity index (χ1) is 15.2. The molecule has 156 valence electrons. The molecular formula is C25H24N4O2. The zero-order valence-corrected chi connectivity index (χ0v) is 17.3. The molecule has 0 atom stereocenters. The number of carbonyl (C=O) groups is 1. The molecule has 1 fully saturated rings. The van der Waals surface area contributed by atoms with Gasteiger partial charge in [-0.15, -0.1) is 0 Å². The Morgan fingerprint density at radius 2 is 1.71 bits per heavy atom. The zero-order chi connectivity index (χ0) is 21.2. The summed E-state index contributed by atoms with van der Waals surface area (Å²) >= 11 is 0. The van der Waals surface area contributed by atoms with Crippen LogP contribution in [0.15, 0.2) is 71.7 Å². The maximum atomic E-state index is 12.6. The Bertz CT molecular complexity index is 1280. The molecule has 3 heterocycles. The lowest BCUT2D eigenvalue weighted by atomic mass is 10.0. The molecule has 3 aromatic heterocycles. The predicted octanol–water partition coefficient (Wildman–Crippen LogP) is 4.37. The van der Waals surface area contributed by atoms with E-state index in [2.05, 4.69) is 5.10 Å². The van der Waals surface area contributed by atoms with E-state index in [9.17, 15) is 9.59 Å². The van der Waals surface area contributed by atoms with Gasteiger partial charge in [0.25, 0.3) is 5.56 Å². The van der Waals surface area contributed by atoms with Crippen LogP contribution in [0.3, 0.4) is 0 Å². The molecule has 1 aliphatic rings. The molecule has 6 nitrogen and oxygen atoms in total. The average molecular weight is 412 g/mol. The van der Waals surface area contributed by atoms with Gasteiger partial charge in [-0.1, -0.05) is 62.1 Å². The van der Waals surface area contributed by atoms with Gasteiger partial charge in [-0.25, -0.2) is 9.20 Å². The maximum absolute atomic E-state index is 12.6. The fraction of sp³-hybridized carbons (Fsp3) is 0.280. The van der Waals surface area contributed by atoms with Gasteiger partial charge in [0.05, 0.1) is 16.8 Å². The molecule has 0 bridgehead atoms. The van der Waals surface area contributed by atoms with E-state index in [1.807, 2.05) is 59.2 Å². The normalized spacial score (nSPS) is 14.3. The van der Waals surface area contributed by atoms with Gasteiger partial charge in [-0.3, -0.25) is 9.59 Å². The molecule has 0 saturated heterocycles. The fourth-order valence-corrected chi connectivity index (χ4v) is 4.51. The standard InChI is InChI=1S/C25H24N4O2/c30-20(16-18-8-4-5-9-18)17-29-23(31)14-13-21(26-29)24-22-12-6-7-15-28(22)27-25(24)19-10-2-1-3-11-19/h1-3,6-7,10-15,18H,4-5,8-9,16-17H2. The van der Waals surface area contributed by atoms with E-state index < -0.39 is 0 Å². The molecule has 0 aliphatic heterocycles. The van der Waals surface area contributed by atoms with Crippen LogP contribution in [0.2, 0.25) is 0 Å². The van der Waals surface area contributed by atoms with Crippen LogP contribution in [-0.2, 0) is 11.3 Å². The molecule has 4 aromatic rings. The summed E-state index contributed by atoms with van der Waals surface area (Å²) in [6, 6.07) is 19.0. The largest absolute Gasteiger partial charge is 0.298 e. The molecule has 0 spiro atoms. The number of carbonyl (C=O) groups excluding carboxylic acids is 1. The quantitative estimate of drug-likeness (QED) is 0.471. The fourth-order valence-electron chi connectivity index (χ4n) is 4.51. The maximum Gasteiger partial charge on any atom is 0.267 e. The second-order valence-electron chi connectivity index (χ2n) is 8.23. The summed E-state index contributed by atoms with van der Waals surface area (Å²) < 4.78 is 3.12. The third-order valence-corrected chi connectivity index (χ3v) is 6.03. The van der Waals surface area contributed by atoms with E-state index in [1.165, 1.54) is 23.6 Å². The lowest BCUT2D eigenvalue weighted by Gasteiger charge is -2.10. The second-order valence-corrected chi connectivity index (χ2v) is 8.23. The van der Waals surface area contributed by atoms with E-state index in [-0.39, 0.29) is 17.9 Å². The Hall–Kier alpha value is -3.54. The van der Waals surface area contributed by atoms with Gasteiger partial charge in [-0.2, -0.15) is 10.2 Å². The monoisotopic (exact) mass is 412 g/mol. The smallest absolute Gasteiger partial charge is 0.267 e. The molecule has 5 rings (SSSR count). The van der Waals surface area contributed by atoms with Crippen molar-refractivity contribution in [3.05, 3.63) is 77.2 Å². The van der Waals surface area contributed by atoms with Crippen molar-refractivity contribution < 1.29 is 4.79 Å². The summed E-state index contributed by atoms with van der Waals surface area (Å²) in [7, 11) is 0. The summed E-state index contributed by atoms with van der Waals surface area (Å²) in [5.74, 6) is 0.525. The lowest BCUT2D eigenvalue weighted by Crippen LogP contribution is -2.27. The Balaban J connectivity index is 1.55. The summed E-state index contributed by atoms with van der Waals surface area (Å²) in [6.45, 7) is 0.0169. The van der Waals surface area contributed by atoms with E-state index >= 15 is 0 Å². The summed E-state index contributed by atoms with van der Waals surface area (Å²) in [6.07, 6.45) is 7.04. The van der Waals surface area contributed by atoms with Crippen molar-refractivity contribution in [1.82, 2.24) is 19.4 Å². The van der Waals surface area contributed by atoms with Gasteiger partial charge < -0.3 is 0 Å². The van der Waals surface area contributed by atoms with Crippen LogP contribution >= 0.6 is 0 Å². The van der Waals surface area contributed by atoms with E-state index in [1.54, 1.807) is 6.07 Å². The van der Waals surface area contributed by atoms with Crippen molar-refractivity contribution in [2.75, 3.05) is 0 Å². The van der Waals surface area contributed by atoms with Crippen molar-refractivity contribution in [3.63, 3.8) is 0 Å². The van der Waals surface area contributed by atoms with Gasteiger partial charge in [0, 0.05) is 24.2 Å². The highest BCUT2D eigenvalue weighted by molar-refractivity contribution is 5.90.